The van der Waals surface area contributed by atoms with Crippen molar-refractivity contribution < 1.29 is 0 Å². The van der Waals surface area contributed by atoms with E-state index in [2.05, 4.69) is 23.8 Å². The number of nitrogens with zero attached hydrogens (tertiary/aromatic N) is 2. The van der Waals surface area contributed by atoms with E-state index < -0.39 is 0 Å². The highest BCUT2D eigenvalue weighted by atomic mass is 33.1. The SMILES string of the molecule is N#CCCC(CCC#N)SS. The predicted molar refractivity (Wildman–Crippen MR) is 50.1 cm³/mol. The molecule has 0 aliphatic rings. The van der Waals surface area contributed by atoms with Gasteiger partial charge in [0, 0.05) is 18.1 Å². The summed E-state index contributed by atoms with van der Waals surface area (Å²) in [7, 11) is 1.44. The lowest BCUT2D eigenvalue weighted by Gasteiger charge is -2.07. The van der Waals surface area contributed by atoms with Gasteiger partial charge in [0.15, 0.2) is 0 Å². The van der Waals surface area contributed by atoms with Gasteiger partial charge in [0.05, 0.1) is 12.1 Å². The van der Waals surface area contributed by atoms with Crippen LogP contribution in [0.2, 0.25) is 0 Å². The second kappa shape index (κ2) is 7.78. The molecule has 0 aromatic heterocycles. The first-order chi connectivity index (χ1) is 5.35. The molecular weight excluding hydrogens is 176 g/mol. The predicted octanol–water partition coefficient (Wildman–Crippen LogP) is 2.54. The summed E-state index contributed by atoms with van der Waals surface area (Å²) in [5, 5.41) is 16.9. The van der Waals surface area contributed by atoms with Crippen LogP contribution in [-0.4, -0.2) is 5.25 Å². The molecule has 11 heavy (non-hydrogen) atoms. The average Bonchev–Trinajstić information content (AvgIpc) is 2.05. The Balaban J connectivity index is 3.44. The highest BCUT2D eigenvalue weighted by Crippen LogP contribution is 2.23. The molecule has 0 aromatic rings. The summed E-state index contributed by atoms with van der Waals surface area (Å²) in [6.45, 7) is 0. The van der Waals surface area contributed by atoms with Gasteiger partial charge in [-0.2, -0.15) is 10.5 Å². The Hall–Kier alpha value is -0.320. The lowest BCUT2D eigenvalue weighted by atomic mass is 10.1. The fraction of sp³-hybridized carbons (Fsp3) is 0.714. The third-order valence-corrected chi connectivity index (χ3v) is 2.97. The molecule has 0 radical (unpaired) electrons. The largest absolute Gasteiger partial charge is 0.198 e. The highest BCUT2D eigenvalue weighted by molar-refractivity contribution is 8.68. The number of hydrogen-bond donors (Lipinski definition) is 1. The van der Waals surface area contributed by atoms with Crippen molar-refractivity contribution in [2.45, 2.75) is 30.9 Å². The maximum absolute atomic E-state index is 8.29. The summed E-state index contributed by atoms with van der Waals surface area (Å²) in [5.41, 5.74) is 0. The average molecular weight is 186 g/mol. The molecule has 0 N–H and O–H groups in total. The fourth-order valence-corrected chi connectivity index (χ4v) is 1.78. The molecule has 0 atom stereocenters. The van der Waals surface area contributed by atoms with Gasteiger partial charge in [-0.1, -0.05) is 10.8 Å². The molecule has 0 aliphatic carbocycles. The van der Waals surface area contributed by atoms with Crippen molar-refractivity contribution in [3.05, 3.63) is 0 Å². The van der Waals surface area contributed by atoms with E-state index in [1.807, 2.05) is 0 Å². The van der Waals surface area contributed by atoms with Crippen LogP contribution in [0.4, 0.5) is 0 Å². The second-order valence-corrected chi connectivity index (χ2v) is 3.63. The quantitative estimate of drug-likeness (QED) is 0.530. The van der Waals surface area contributed by atoms with Gasteiger partial charge in [-0.15, -0.1) is 11.7 Å². The molecule has 4 heteroatoms. The highest BCUT2D eigenvalue weighted by Gasteiger charge is 2.05. The van der Waals surface area contributed by atoms with E-state index in [1.165, 1.54) is 10.8 Å². The lowest BCUT2D eigenvalue weighted by molar-refractivity contribution is 0.726. The molecule has 0 aromatic carbocycles. The van der Waals surface area contributed by atoms with E-state index in [0.717, 1.165) is 12.8 Å². The zero-order valence-electron chi connectivity index (χ0n) is 6.16. The molecule has 0 bridgehead atoms. The number of hydrogen-bond acceptors (Lipinski definition) is 4. The Morgan fingerprint density at radius 3 is 1.91 bits per heavy atom. The summed E-state index contributed by atoms with van der Waals surface area (Å²) < 4.78 is 0. The molecule has 0 fully saturated rings. The van der Waals surface area contributed by atoms with Crippen LogP contribution in [0.1, 0.15) is 25.7 Å². The van der Waals surface area contributed by atoms with E-state index >= 15 is 0 Å². The van der Waals surface area contributed by atoms with E-state index in [1.54, 1.807) is 0 Å². The van der Waals surface area contributed by atoms with Crippen molar-refractivity contribution in [3.8, 4) is 12.1 Å². The first-order valence-electron chi connectivity index (χ1n) is 3.39. The standard InChI is InChI=1S/C7H10N2S2/c8-5-1-3-7(11-10)4-2-6-9/h7,10H,1-4H2. The van der Waals surface area contributed by atoms with Crippen molar-refractivity contribution in [1.29, 1.82) is 10.5 Å². The van der Waals surface area contributed by atoms with E-state index in [0.29, 0.717) is 18.1 Å². The molecule has 0 aliphatic heterocycles. The minimum Gasteiger partial charge on any atom is -0.198 e. The van der Waals surface area contributed by atoms with Crippen LogP contribution < -0.4 is 0 Å². The van der Waals surface area contributed by atoms with Crippen LogP contribution in [0.3, 0.4) is 0 Å². The molecule has 0 amide bonds. The van der Waals surface area contributed by atoms with Gasteiger partial charge in [-0.3, -0.25) is 0 Å². The summed E-state index contributed by atoms with van der Waals surface area (Å²) in [6, 6.07) is 4.16. The molecule has 0 unspecified atom stereocenters. The van der Waals surface area contributed by atoms with E-state index in [9.17, 15) is 0 Å². The van der Waals surface area contributed by atoms with Gasteiger partial charge < -0.3 is 0 Å². The molecule has 0 rings (SSSR count). The van der Waals surface area contributed by atoms with Crippen molar-refractivity contribution in [3.63, 3.8) is 0 Å². The van der Waals surface area contributed by atoms with Gasteiger partial charge in [0.2, 0.25) is 0 Å². The van der Waals surface area contributed by atoms with Crippen LogP contribution in [0.15, 0.2) is 0 Å². The monoisotopic (exact) mass is 186 g/mol. The summed E-state index contributed by atoms with van der Waals surface area (Å²) in [4.78, 5) is 0. The molecule has 0 saturated heterocycles. The van der Waals surface area contributed by atoms with E-state index in [-0.39, 0.29) is 0 Å². The van der Waals surface area contributed by atoms with Gasteiger partial charge in [0.25, 0.3) is 0 Å². The molecular formula is C7H10N2S2. The summed E-state index contributed by atoms with van der Waals surface area (Å²) >= 11 is 4.06. The van der Waals surface area contributed by atoms with Crippen LogP contribution in [-0.2, 0) is 0 Å². The van der Waals surface area contributed by atoms with Crippen LogP contribution in [0.25, 0.3) is 0 Å². The van der Waals surface area contributed by atoms with Gasteiger partial charge in [-0.25, -0.2) is 0 Å². The Morgan fingerprint density at radius 2 is 1.64 bits per heavy atom. The number of thiol groups is 1. The third kappa shape index (κ3) is 6.09. The Bertz CT molecular complexity index is 150. The van der Waals surface area contributed by atoms with Crippen molar-refractivity contribution in [2.24, 2.45) is 0 Å². The van der Waals surface area contributed by atoms with Crippen molar-refractivity contribution in [2.75, 3.05) is 0 Å². The van der Waals surface area contributed by atoms with Crippen LogP contribution in [0, 0.1) is 22.7 Å². The molecule has 60 valence electrons. The minimum absolute atomic E-state index is 0.359. The minimum atomic E-state index is 0.359. The molecule has 0 saturated carbocycles. The van der Waals surface area contributed by atoms with Gasteiger partial charge >= 0.3 is 0 Å². The van der Waals surface area contributed by atoms with Crippen LogP contribution in [0.5, 0.6) is 0 Å². The Morgan fingerprint density at radius 1 is 1.18 bits per heavy atom. The molecule has 0 heterocycles. The number of nitriles is 2. The maximum atomic E-state index is 8.29. The first kappa shape index (κ1) is 10.7. The fourth-order valence-electron chi connectivity index (χ4n) is 0.701. The zero-order valence-corrected chi connectivity index (χ0v) is 7.87. The molecule has 0 spiro atoms. The second-order valence-electron chi connectivity index (χ2n) is 2.12. The normalized spacial score (nSPS) is 9.09. The first-order valence-corrected chi connectivity index (χ1v) is 5.32. The third-order valence-electron chi connectivity index (χ3n) is 1.31. The van der Waals surface area contributed by atoms with Gasteiger partial charge in [0.1, 0.15) is 0 Å². The molecule has 2 nitrogen and oxygen atoms in total. The van der Waals surface area contributed by atoms with Gasteiger partial charge in [-0.05, 0) is 12.8 Å². The zero-order chi connectivity index (χ0) is 8.53. The van der Waals surface area contributed by atoms with Crippen molar-refractivity contribution >= 4 is 22.5 Å². The Kier molecular flexibility index (Phi) is 7.56. The van der Waals surface area contributed by atoms with Crippen molar-refractivity contribution in [1.82, 2.24) is 0 Å². The topological polar surface area (TPSA) is 47.6 Å². The Labute approximate surface area is 76.4 Å². The van der Waals surface area contributed by atoms with E-state index in [4.69, 9.17) is 10.5 Å². The maximum Gasteiger partial charge on any atom is 0.0622 e. The smallest absolute Gasteiger partial charge is 0.0622 e. The summed E-state index contributed by atoms with van der Waals surface area (Å²) in [6.07, 6.45) is 2.80. The number of rotatable bonds is 5. The lowest BCUT2D eigenvalue weighted by Crippen LogP contribution is -1.98. The summed E-state index contributed by atoms with van der Waals surface area (Å²) in [5.74, 6) is 0. The van der Waals surface area contributed by atoms with Crippen LogP contribution >= 0.6 is 22.5 Å².